The summed E-state index contributed by atoms with van der Waals surface area (Å²) in [5.41, 5.74) is 0.812. The first kappa shape index (κ1) is 24.1. The Balaban J connectivity index is 1.54. The number of thioether (sulfide) groups is 1. The maximum Gasteiger partial charge on any atom is 0.317 e. The standard InChI is InChI=1S/C21H26ClFN6O2S/c1-3-24-21(31)29-9-8-28(12-14(29)2)18-10-17(22)26-20(27-18)32-13-19(30)25-11-15-4-6-16(23)7-5-15/h4-7,10,14H,3,8-9,11-13H2,1-2H3,(H,24,31)(H,25,30). The number of carbonyl (C=O) groups is 2. The van der Waals surface area contributed by atoms with Crippen molar-refractivity contribution in [1.82, 2.24) is 25.5 Å². The van der Waals surface area contributed by atoms with Crippen molar-refractivity contribution in [3.8, 4) is 0 Å². The summed E-state index contributed by atoms with van der Waals surface area (Å²) in [7, 11) is 0. The molecule has 2 aromatic rings. The number of nitrogens with one attached hydrogen (secondary N) is 2. The molecule has 0 aliphatic carbocycles. The van der Waals surface area contributed by atoms with Crippen molar-refractivity contribution in [2.24, 2.45) is 0 Å². The van der Waals surface area contributed by atoms with E-state index < -0.39 is 0 Å². The van der Waals surface area contributed by atoms with Gasteiger partial charge in [-0.25, -0.2) is 19.2 Å². The van der Waals surface area contributed by atoms with Gasteiger partial charge in [0.25, 0.3) is 0 Å². The normalized spacial score (nSPS) is 16.1. The average molecular weight is 481 g/mol. The van der Waals surface area contributed by atoms with Crippen LogP contribution in [-0.4, -0.2) is 64.8 Å². The highest BCUT2D eigenvalue weighted by molar-refractivity contribution is 7.99. The minimum atomic E-state index is -0.315. The molecule has 172 valence electrons. The Kier molecular flexibility index (Phi) is 8.52. The molecule has 3 amide bonds. The van der Waals surface area contributed by atoms with Crippen molar-refractivity contribution < 1.29 is 14.0 Å². The van der Waals surface area contributed by atoms with Gasteiger partial charge in [0, 0.05) is 44.8 Å². The molecular formula is C21H26ClFN6O2S. The van der Waals surface area contributed by atoms with Gasteiger partial charge in [-0.3, -0.25) is 4.79 Å². The fraction of sp³-hybridized carbons (Fsp3) is 0.429. The van der Waals surface area contributed by atoms with Gasteiger partial charge in [0.1, 0.15) is 16.8 Å². The maximum atomic E-state index is 13.0. The third-order valence-corrected chi connectivity index (χ3v) is 5.98. The van der Waals surface area contributed by atoms with Crippen LogP contribution in [0.2, 0.25) is 5.15 Å². The average Bonchev–Trinajstić information content (AvgIpc) is 2.77. The van der Waals surface area contributed by atoms with Crippen molar-refractivity contribution in [3.05, 3.63) is 46.9 Å². The largest absolute Gasteiger partial charge is 0.353 e. The number of halogens is 2. The third kappa shape index (κ3) is 6.70. The summed E-state index contributed by atoms with van der Waals surface area (Å²) in [5, 5.41) is 6.32. The molecule has 11 heteroatoms. The summed E-state index contributed by atoms with van der Waals surface area (Å²) in [5.74, 6) is 0.294. The van der Waals surface area contributed by atoms with E-state index >= 15 is 0 Å². The molecule has 1 aliphatic rings. The highest BCUT2D eigenvalue weighted by Gasteiger charge is 2.28. The molecule has 1 unspecified atom stereocenters. The molecule has 1 atom stereocenters. The van der Waals surface area contributed by atoms with Crippen LogP contribution in [0.15, 0.2) is 35.5 Å². The third-order valence-electron chi connectivity index (χ3n) is 4.94. The van der Waals surface area contributed by atoms with Crippen molar-refractivity contribution in [2.45, 2.75) is 31.6 Å². The van der Waals surface area contributed by atoms with Crippen LogP contribution in [0.3, 0.4) is 0 Å². The molecule has 1 saturated heterocycles. The van der Waals surface area contributed by atoms with Crippen LogP contribution < -0.4 is 15.5 Å². The van der Waals surface area contributed by atoms with Gasteiger partial charge in [0.05, 0.1) is 5.75 Å². The summed E-state index contributed by atoms with van der Waals surface area (Å²) in [6.45, 7) is 6.60. The summed E-state index contributed by atoms with van der Waals surface area (Å²) < 4.78 is 13.0. The van der Waals surface area contributed by atoms with Crippen molar-refractivity contribution >= 4 is 41.1 Å². The topological polar surface area (TPSA) is 90.5 Å². The molecule has 1 aromatic carbocycles. The van der Waals surface area contributed by atoms with E-state index in [2.05, 4.69) is 25.5 Å². The molecule has 0 radical (unpaired) electrons. The molecule has 8 nitrogen and oxygen atoms in total. The number of hydrogen-bond donors (Lipinski definition) is 2. The Morgan fingerprint density at radius 1 is 1.22 bits per heavy atom. The first-order valence-electron chi connectivity index (χ1n) is 10.3. The quantitative estimate of drug-likeness (QED) is 0.360. The first-order valence-corrected chi connectivity index (χ1v) is 11.7. The van der Waals surface area contributed by atoms with E-state index in [4.69, 9.17) is 11.6 Å². The number of carbonyl (C=O) groups excluding carboxylic acids is 2. The Labute approximate surface area is 195 Å². The Bertz CT molecular complexity index is 948. The zero-order chi connectivity index (χ0) is 23.1. The fourth-order valence-corrected chi connectivity index (χ4v) is 4.23. The first-order chi connectivity index (χ1) is 15.4. The molecule has 2 heterocycles. The summed E-state index contributed by atoms with van der Waals surface area (Å²) >= 11 is 7.39. The van der Waals surface area contributed by atoms with Crippen LogP contribution in [0.1, 0.15) is 19.4 Å². The molecule has 0 spiro atoms. The van der Waals surface area contributed by atoms with E-state index in [9.17, 15) is 14.0 Å². The minimum absolute atomic E-state index is 0.0115. The lowest BCUT2D eigenvalue weighted by Gasteiger charge is -2.40. The van der Waals surface area contributed by atoms with Crippen molar-refractivity contribution in [3.63, 3.8) is 0 Å². The molecule has 1 aromatic heterocycles. The van der Waals surface area contributed by atoms with Crippen molar-refractivity contribution in [2.75, 3.05) is 36.8 Å². The van der Waals surface area contributed by atoms with E-state index in [1.165, 1.54) is 23.9 Å². The predicted molar refractivity (Wildman–Crippen MR) is 123 cm³/mol. The van der Waals surface area contributed by atoms with Crippen LogP contribution >= 0.6 is 23.4 Å². The van der Waals surface area contributed by atoms with Gasteiger partial charge in [0.2, 0.25) is 5.91 Å². The van der Waals surface area contributed by atoms with E-state index in [1.54, 1.807) is 18.2 Å². The Morgan fingerprint density at radius 2 is 1.97 bits per heavy atom. The number of hydrogen-bond acceptors (Lipinski definition) is 6. The second-order valence-corrected chi connectivity index (χ2v) is 8.68. The number of amides is 3. The lowest BCUT2D eigenvalue weighted by Crippen LogP contribution is -2.56. The van der Waals surface area contributed by atoms with Crippen molar-refractivity contribution in [1.29, 1.82) is 0 Å². The number of anilines is 1. The minimum Gasteiger partial charge on any atom is -0.353 e. The highest BCUT2D eigenvalue weighted by atomic mass is 35.5. The molecule has 1 fully saturated rings. The number of urea groups is 1. The molecule has 1 aliphatic heterocycles. The lowest BCUT2D eigenvalue weighted by molar-refractivity contribution is -0.118. The van der Waals surface area contributed by atoms with E-state index in [1.807, 2.05) is 18.7 Å². The molecule has 2 N–H and O–H groups in total. The summed E-state index contributed by atoms with van der Waals surface area (Å²) in [4.78, 5) is 37.0. The monoisotopic (exact) mass is 480 g/mol. The van der Waals surface area contributed by atoms with E-state index in [0.717, 1.165) is 5.56 Å². The number of benzene rings is 1. The van der Waals surface area contributed by atoms with Gasteiger partial charge < -0.3 is 20.4 Å². The summed E-state index contributed by atoms with van der Waals surface area (Å²) in [6.07, 6.45) is 0. The number of piperazine rings is 1. The smallest absolute Gasteiger partial charge is 0.317 e. The zero-order valence-corrected chi connectivity index (χ0v) is 19.5. The van der Waals surface area contributed by atoms with Crippen LogP contribution in [0.25, 0.3) is 0 Å². The molecule has 3 rings (SSSR count). The second kappa shape index (κ2) is 11.3. The second-order valence-electron chi connectivity index (χ2n) is 7.35. The van der Waals surface area contributed by atoms with Gasteiger partial charge in [-0.2, -0.15) is 0 Å². The Hall–Kier alpha value is -2.59. The number of rotatable bonds is 7. The zero-order valence-electron chi connectivity index (χ0n) is 18.0. The fourth-order valence-electron chi connectivity index (χ4n) is 3.32. The van der Waals surface area contributed by atoms with Gasteiger partial charge in [-0.1, -0.05) is 35.5 Å². The molecule has 32 heavy (non-hydrogen) atoms. The maximum absolute atomic E-state index is 13.0. The van der Waals surface area contributed by atoms with E-state index in [0.29, 0.717) is 48.9 Å². The van der Waals surface area contributed by atoms with Gasteiger partial charge in [-0.15, -0.1) is 0 Å². The number of aromatic nitrogens is 2. The summed E-state index contributed by atoms with van der Waals surface area (Å²) in [6, 6.07) is 7.60. The molecular weight excluding hydrogens is 455 g/mol. The van der Waals surface area contributed by atoms with Gasteiger partial charge >= 0.3 is 6.03 Å². The highest BCUT2D eigenvalue weighted by Crippen LogP contribution is 2.24. The molecule has 0 bridgehead atoms. The van der Waals surface area contributed by atoms with Crippen LogP contribution in [0.5, 0.6) is 0 Å². The van der Waals surface area contributed by atoms with Gasteiger partial charge in [0.15, 0.2) is 5.16 Å². The molecule has 0 saturated carbocycles. The SMILES string of the molecule is CCNC(=O)N1CCN(c2cc(Cl)nc(SCC(=O)NCc3ccc(F)cc3)n2)CC1C. The van der Waals surface area contributed by atoms with E-state index in [-0.39, 0.29) is 29.6 Å². The Morgan fingerprint density at radius 3 is 2.66 bits per heavy atom. The van der Waals surface area contributed by atoms with Crippen LogP contribution in [0, 0.1) is 5.82 Å². The van der Waals surface area contributed by atoms with Crippen LogP contribution in [-0.2, 0) is 11.3 Å². The van der Waals surface area contributed by atoms with Crippen LogP contribution in [0.4, 0.5) is 15.0 Å². The predicted octanol–water partition coefficient (Wildman–Crippen LogP) is 2.92. The lowest BCUT2D eigenvalue weighted by atomic mass is 10.2. The van der Waals surface area contributed by atoms with Gasteiger partial charge in [-0.05, 0) is 31.5 Å². The number of nitrogens with zero attached hydrogens (tertiary/aromatic N) is 4.